The number of pyridine rings is 1. The first-order chi connectivity index (χ1) is 7.74. The minimum atomic E-state index is -0.223. The summed E-state index contributed by atoms with van der Waals surface area (Å²) >= 11 is 0. The van der Waals surface area contributed by atoms with E-state index < -0.39 is 0 Å². The zero-order chi connectivity index (χ0) is 11.5. The second kappa shape index (κ2) is 3.99. The van der Waals surface area contributed by atoms with Gasteiger partial charge in [0.05, 0.1) is 11.6 Å². The largest absolute Gasteiger partial charge is 0.322 e. The summed E-state index contributed by atoms with van der Waals surface area (Å²) < 4.78 is 0. The molecule has 1 aromatic heterocycles. The van der Waals surface area contributed by atoms with Gasteiger partial charge < -0.3 is 9.78 Å². The van der Waals surface area contributed by atoms with Gasteiger partial charge in [-0.3, -0.25) is 4.79 Å². The Morgan fingerprint density at radius 3 is 2.88 bits per heavy atom. The first-order valence-electron chi connectivity index (χ1n) is 4.74. The fourth-order valence-electron chi connectivity index (χ4n) is 1.67. The highest BCUT2D eigenvalue weighted by Crippen LogP contribution is 2.18. The van der Waals surface area contributed by atoms with Gasteiger partial charge >= 0.3 is 0 Å². The number of H-pyrrole nitrogens is 1. The maximum Gasteiger partial charge on any atom is 0.248 e. The Kier molecular flexibility index (Phi) is 2.52. The Labute approximate surface area is 91.1 Å². The molecule has 4 heteroatoms. The SMILES string of the molecule is N#Cc1cc(CC=O)c2ccc(=O)[nH]c2c1. The number of nitrogens with zero attached hydrogens (tertiary/aromatic N) is 1. The van der Waals surface area contributed by atoms with Crippen LogP contribution in [0.15, 0.2) is 29.1 Å². The molecular weight excluding hydrogens is 204 g/mol. The van der Waals surface area contributed by atoms with Gasteiger partial charge in [-0.15, -0.1) is 0 Å². The highest BCUT2D eigenvalue weighted by atomic mass is 16.1. The van der Waals surface area contributed by atoms with E-state index in [1.54, 1.807) is 18.2 Å². The van der Waals surface area contributed by atoms with Crippen LogP contribution in [0.3, 0.4) is 0 Å². The van der Waals surface area contributed by atoms with Gasteiger partial charge in [-0.25, -0.2) is 0 Å². The summed E-state index contributed by atoms with van der Waals surface area (Å²) in [4.78, 5) is 24.3. The number of aromatic amines is 1. The van der Waals surface area contributed by atoms with Crippen molar-refractivity contribution < 1.29 is 4.79 Å². The third-order valence-electron chi connectivity index (χ3n) is 2.36. The van der Waals surface area contributed by atoms with E-state index in [1.807, 2.05) is 6.07 Å². The van der Waals surface area contributed by atoms with Crippen LogP contribution in [0.5, 0.6) is 0 Å². The monoisotopic (exact) mass is 212 g/mol. The standard InChI is InChI=1S/C12H8N2O2/c13-7-8-5-9(3-4-15)10-1-2-12(16)14-11(10)6-8/h1-2,4-6H,3H2,(H,14,16). The van der Waals surface area contributed by atoms with Gasteiger partial charge in [-0.1, -0.05) is 0 Å². The summed E-state index contributed by atoms with van der Waals surface area (Å²) in [6.45, 7) is 0. The molecule has 2 rings (SSSR count). The highest BCUT2D eigenvalue weighted by Gasteiger charge is 2.04. The molecule has 0 amide bonds. The molecule has 0 saturated carbocycles. The molecule has 1 heterocycles. The molecule has 0 aliphatic heterocycles. The van der Waals surface area contributed by atoms with E-state index in [9.17, 15) is 9.59 Å². The number of aromatic nitrogens is 1. The first kappa shape index (κ1) is 10.1. The number of hydrogen-bond acceptors (Lipinski definition) is 3. The lowest BCUT2D eigenvalue weighted by Crippen LogP contribution is -2.04. The Morgan fingerprint density at radius 1 is 1.38 bits per heavy atom. The normalized spacial score (nSPS) is 9.94. The molecule has 0 bridgehead atoms. The Balaban J connectivity index is 2.82. The number of benzene rings is 1. The molecule has 0 radical (unpaired) electrons. The predicted octanol–water partition coefficient (Wildman–Crippen LogP) is 1.14. The summed E-state index contributed by atoms with van der Waals surface area (Å²) in [6, 6.07) is 8.33. The average molecular weight is 212 g/mol. The van der Waals surface area contributed by atoms with Crippen LogP contribution < -0.4 is 5.56 Å². The van der Waals surface area contributed by atoms with Gasteiger partial charge in [0.2, 0.25) is 5.56 Å². The number of aldehydes is 1. The van der Waals surface area contributed by atoms with Crippen molar-refractivity contribution in [2.24, 2.45) is 0 Å². The molecule has 0 spiro atoms. The van der Waals surface area contributed by atoms with E-state index in [2.05, 4.69) is 4.98 Å². The Morgan fingerprint density at radius 2 is 2.19 bits per heavy atom. The minimum absolute atomic E-state index is 0.223. The van der Waals surface area contributed by atoms with Crippen LogP contribution in [0.25, 0.3) is 10.9 Å². The second-order valence-electron chi connectivity index (χ2n) is 3.40. The second-order valence-corrected chi connectivity index (χ2v) is 3.40. The summed E-state index contributed by atoms with van der Waals surface area (Å²) in [5.74, 6) is 0. The van der Waals surface area contributed by atoms with Crippen molar-refractivity contribution in [3.63, 3.8) is 0 Å². The zero-order valence-electron chi connectivity index (χ0n) is 8.36. The molecule has 1 N–H and O–H groups in total. The van der Waals surface area contributed by atoms with Crippen LogP contribution in [0.1, 0.15) is 11.1 Å². The van der Waals surface area contributed by atoms with Gasteiger partial charge in [-0.2, -0.15) is 5.26 Å². The molecule has 4 nitrogen and oxygen atoms in total. The number of hydrogen-bond donors (Lipinski definition) is 1. The number of carbonyl (C=O) groups is 1. The van der Waals surface area contributed by atoms with Crippen molar-refractivity contribution in [1.82, 2.24) is 4.98 Å². The van der Waals surface area contributed by atoms with E-state index in [1.165, 1.54) is 6.07 Å². The molecule has 0 aliphatic rings. The van der Waals surface area contributed by atoms with Crippen LogP contribution in [0.4, 0.5) is 0 Å². The van der Waals surface area contributed by atoms with Crippen molar-refractivity contribution in [2.75, 3.05) is 0 Å². The third-order valence-corrected chi connectivity index (χ3v) is 2.36. The molecule has 2 aromatic rings. The van der Waals surface area contributed by atoms with Crippen molar-refractivity contribution in [2.45, 2.75) is 6.42 Å². The molecule has 0 saturated heterocycles. The fourth-order valence-corrected chi connectivity index (χ4v) is 1.67. The zero-order valence-corrected chi connectivity index (χ0v) is 8.36. The predicted molar refractivity (Wildman–Crippen MR) is 59.1 cm³/mol. The summed E-state index contributed by atoms with van der Waals surface area (Å²) in [5.41, 5.74) is 1.55. The maximum atomic E-state index is 11.1. The first-order valence-corrected chi connectivity index (χ1v) is 4.74. The number of nitrogens with one attached hydrogen (secondary N) is 1. The summed E-state index contributed by atoms with van der Waals surface area (Å²) in [6.07, 6.45) is 1.01. The number of fused-ring (bicyclic) bond motifs is 1. The fraction of sp³-hybridized carbons (Fsp3) is 0.0833. The van der Waals surface area contributed by atoms with Gasteiger partial charge in [0, 0.05) is 23.4 Å². The van der Waals surface area contributed by atoms with E-state index in [0.29, 0.717) is 11.1 Å². The number of nitriles is 1. The molecule has 0 atom stereocenters. The molecule has 0 unspecified atom stereocenters. The van der Waals surface area contributed by atoms with Crippen LogP contribution in [-0.2, 0) is 11.2 Å². The average Bonchev–Trinajstić information content (AvgIpc) is 2.28. The quantitative estimate of drug-likeness (QED) is 0.758. The van der Waals surface area contributed by atoms with E-state index in [4.69, 9.17) is 5.26 Å². The van der Waals surface area contributed by atoms with E-state index in [-0.39, 0.29) is 12.0 Å². The molecule has 0 aliphatic carbocycles. The lowest BCUT2D eigenvalue weighted by atomic mass is 10.0. The Hall–Kier alpha value is -2.41. The van der Waals surface area contributed by atoms with Crippen molar-refractivity contribution in [3.8, 4) is 6.07 Å². The van der Waals surface area contributed by atoms with Crippen LogP contribution in [0.2, 0.25) is 0 Å². The van der Waals surface area contributed by atoms with Crippen LogP contribution >= 0.6 is 0 Å². The van der Waals surface area contributed by atoms with E-state index >= 15 is 0 Å². The minimum Gasteiger partial charge on any atom is -0.322 e. The maximum absolute atomic E-state index is 11.1. The van der Waals surface area contributed by atoms with Crippen molar-refractivity contribution in [1.29, 1.82) is 5.26 Å². The van der Waals surface area contributed by atoms with Gasteiger partial charge in [0.15, 0.2) is 0 Å². The molecule has 16 heavy (non-hydrogen) atoms. The lowest BCUT2D eigenvalue weighted by Gasteiger charge is -2.03. The smallest absolute Gasteiger partial charge is 0.248 e. The Bertz CT molecular complexity index is 650. The van der Waals surface area contributed by atoms with Crippen molar-refractivity contribution >= 4 is 17.2 Å². The third kappa shape index (κ3) is 1.71. The van der Waals surface area contributed by atoms with Crippen LogP contribution in [0, 0.1) is 11.3 Å². The summed E-state index contributed by atoms with van der Waals surface area (Å²) in [5, 5.41) is 9.63. The topological polar surface area (TPSA) is 73.7 Å². The highest BCUT2D eigenvalue weighted by molar-refractivity contribution is 5.85. The lowest BCUT2D eigenvalue weighted by molar-refractivity contribution is -0.107. The van der Waals surface area contributed by atoms with Gasteiger partial charge in [-0.05, 0) is 23.8 Å². The number of rotatable bonds is 2. The summed E-state index contributed by atoms with van der Waals surface area (Å²) in [7, 11) is 0. The van der Waals surface area contributed by atoms with Gasteiger partial charge in [0.1, 0.15) is 6.29 Å². The molecule has 1 aromatic carbocycles. The molecular formula is C12H8N2O2. The van der Waals surface area contributed by atoms with Crippen LogP contribution in [-0.4, -0.2) is 11.3 Å². The number of carbonyl (C=O) groups excluding carboxylic acids is 1. The molecule has 78 valence electrons. The van der Waals surface area contributed by atoms with E-state index in [0.717, 1.165) is 17.2 Å². The molecule has 0 fully saturated rings. The van der Waals surface area contributed by atoms with Gasteiger partial charge in [0.25, 0.3) is 0 Å². The van der Waals surface area contributed by atoms with Crippen molar-refractivity contribution in [3.05, 3.63) is 45.7 Å².